The molecule has 0 saturated heterocycles. The van der Waals surface area contributed by atoms with Crippen molar-refractivity contribution in [1.29, 1.82) is 0 Å². The summed E-state index contributed by atoms with van der Waals surface area (Å²) >= 11 is 1.35. The summed E-state index contributed by atoms with van der Waals surface area (Å²) in [5.41, 5.74) is 0.737. The highest BCUT2D eigenvalue weighted by Crippen LogP contribution is 2.13. The molecule has 6 heteroatoms. The fourth-order valence-electron chi connectivity index (χ4n) is 1.18. The van der Waals surface area contributed by atoms with E-state index in [2.05, 4.69) is 20.5 Å². The van der Waals surface area contributed by atoms with Gasteiger partial charge in [0, 0.05) is 11.9 Å². The van der Waals surface area contributed by atoms with E-state index in [1.807, 2.05) is 25.1 Å². The quantitative estimate of drug-likeness (QED) is 0.872. The van der Waals surface area contributed by atoms with Crippen LogP contribution in [0, 0.1) is 6.92 Å². The predicted octanol–water partition coefficient (Wildman–Crippen LogP) is 1.42. The highest BCUT2D eigenvalue weighted by Gasteiger charge is 2.07. The molecule has 1 N–H and O–H groups in total. The smallest absolute Gasteiger partial charge is 0.232 e. The number of nitrogens with one attached hydrogen (secondary N) is 1. The second kappa shape index (κ2) is 4.80. The Bertz CT molecular complexity index is 483. The molecule has 0 aromatic carbocycles. The number of aryl methyl sites for hydroxylation is 1. The zero-order valence-corrected chi connectivity index (χ0v) is 9.49. The second-order valence-corrected chi connectivity index (χ2v) is 4.35. The van der Waals surface area contributed by atoms with Gasteiger partial charge in [0.25, 0.3) is 0 Å². The lowest BCUT2D eigenvalue weighted by Crippen LogP contribution is -2.14. The molecule has 0 saturated carbocycles. The van der Waals surface area contributed by atoms with E-state index in [-0.39, 0.29) is 12.3 Å². The fraction of sp³-hybridized carbons (Fsp3) is 0.200. The molecule has 2 aromatic heterocycles. The largest absolute Gasteiger partial charge is 0.300 e. The summed E-state index contributed by atoms with van der Waals surface area (Å²) < 4.78 is 0. The fourth-order valence-corrected chi connectivity index (χ4v) is 1.79. The van der Waals surface area contributed by atoms with Crippen molar-refractivity contribution in [1.82, 2.24) is 15.2 Å². The second-order valence-electron chi connectivity index (χ2n) is 3.17. The normalized spacial score (nSPS) is 10.1. The minimum atomic E-state index is -0.130. The van der Waals surface area contributed by atoms with Gasteiger partial charge in [-0.15, -0.1) is 10.2 Å². The third-order valence-corrected chi connectivity index (χ3v) is 2.59. The highest BCUT2D eigenvalue weighted by molar-refractivity contribution is 7.15. The number of rotatable bonds is 3. The van der Waals surface area contributed by atoms with Crippen LogP contribution >= 0.6 is 11.3 Å². The van der Waals surface area contributed by atoms with Gasteiger partial charge in [-0.3, -0.25) is 9.78 Å². The first-order valence-electron chi connectivity index (χ1n) is 4.74. The van der Waals surface area contributed by atoms with Crippen molar-refractivity contribution in [2.45, 2.75) is 13.3 Å². The summed E-state index contributed by atoms with van der Waals surface area (Å²) in [6.45, 7) is 1.84. The molecule has 0 aliphatic carbocycles. The summed E-state index contributed by atoms with van der Waals surface area (Å²) in [4.78, 5) is 15.7. The summed E-state index contributed by atoms with van der Waals surface area (Å²) in [6, 6.07) is 5.48. The molecule has 0 unspecified atom stereocenters. The average Bonchev–Trinajstić information content (AvgIpc) is 2.65. The van der Waals surface area contributed by atoms with Gasteiger partial charge in [-0.25, -0.2) is 0 Å². The molecular weight excluding hydrogens is 224 g/mol. The van der Waals surface area contributed by atoms with Gasteiger partial charge in [0.15, 0.2) is 0 Å². The van der Waals surface area contributed by atoms with E-state index in [0.29, 0.717) is 5.13 Å². The Kier molecular flexibility index (Phi) is 3.21. The monoisotopic (exact) mass is 234 g/mol. The molecule has 0 fully saturated rings. The van der Waals surface area contributed by atoms with Gasteiger partial charge >= 0.3 is 0 Å². The minimum Gasteiger partial charge on any atom is -0.300 e. The molecule has 82 valence electrons. The molecule has 2 rings (SSSR count). The number of nitrogens with zero attached hydrogens (tertiary/aromatic N) is 3. The third kappa shape index (κ3) is 2.83. The molecule has 2 aromatic rings. The number of hydrogen-bond acceptors (Lipinski definition) is 5. The lowest BCUT2D eigenvalue weighted by molar-refractivity contribution is -0.115. The number of aromatic nitrogens is 3. The molecule has 0 radical (unpaired) electrons. The van der Waals surface area contributed by atoms with Crippen LogP contribution in [0.1, 0.15) is 10.7 Å². The molecule has 0 aliphatic rings. The Hall–Kier alpha value is -1.82. The van der Waals surface area contributed by atoms with Crippen LogP contribution in [-0.4, -0.2) is 21.1 Å². The zero-order chi connectivity index (χ0) is 11.4. The van der Waals surface area contributed by atoms with E-state index in [1.165, 1.54) is 11.3 Å². The van der Waals surface area contributed by atoms with E-state index < -0.39 is 0 Å². The average molecular weight is 234 g/mol. The standard InChI is InChI=1S/C10H10N4OS/c1-7-13-14-10(16-7)12-9(15)6-8-4-2-3-5-11-8/h2-5H,6H2,1H3,(H,12,14,15). The molecule has 0 spiro atoms. The number of hydrogen-bond donors (Lipinski definition) is 1. The van der Waals surface area contributed by atoms with Crippen LogP contribution in [0.4, 0.5) is 5.13 Å². The van der Waals surface area contributed by atoms with Crippen LogP contribution in [0.25, 0.3) is 0 Å². The Morgan fingerprint density at radius 1 is 1.44 bits per heavy atom. The van der Waals surface area contributed by atoms with E-state index >= 15 is 0 Å². The van der Waals surface area contributed by atoms with Gasteiger partial charge in [0.1, 0.15) is 5.01 Å². The van der Waals surface area contributed by atoms with Crippen LogP contribution < -0.4 is 5.32 Å². The van der Waals surface area contributed by atoms with Crippen molar-refractivity contribution in [2.24, 2.45) is 0 Å². The van der Waals surface area contributed by atoms with Crippen molar-refractivity contribution in [2.75, 3.05) is 5.32 Å². The molecular formula is C10H10N4OS. The van der Waals surface area contributed by atoms with Gasteiger partial charge in [-0.1, -0.05) is 17.4 Å². The Morgan fingerprint density at radius 2 is 2.31 bits per heavy atom. The number of carbonyl (C=O) groups excluding carboxylic acids is 1. The lowest BCUT2D eigenvalue weighted by Gasteiger charge is -1.99. The maximum atomic E-state index is 11.6. The van der Waals surface area contributed by atoms with Crippen LogP contribution in [0.15, 0.2) is 24.4 Å². The van der Waals surface area contributed by atoms with E-state index in [4.69, 9.17) is 0 Å². The molecule has 0 bridgehead atoms. The number of pyridine rings is 1. The Labute approximate surface area is 96.6 Å². The van der Waals surface area contributed by atoms with Crippen molar-refractivity contribution in [3.8, 4) is 0 Å². The number of amides is 1. The van der Waals surface area contributed by atoms with Crippen LogP contribution in [-0.2, 0) is 11.2 Å². The topological polar surface area (TPSA) is 67.8 Å². The van der Waals surface area contributed by atoms with Crippen LogP contribution in [0.2, 0.25) is 0 Å². The highest BCUT2D eigenvalue weighted by atomic mass is 32.1. The third-order valence-electron chi connectivity index (χ3n) is 1.84. The van der Waals surface area contributed by atoms with Crippen molar-refractivity contribution >= 4 is 22.4 Å². The number of carbonyl (C=O) groups is 1. The Balaban J connectivity index is 1.95. The van der Waals surface area contributed by atoms with Gasteiger partial charge in [0.2, 0.25) is 11.0 Å². The Morgan fingerprint density at radius 3 is 2.94 bits per heavy atom. The number of anilines is 1. The first-order chi connectivity index (χ1) is 7.74. The minimum absolute atomic E-state index is 0.130. The molecule has 1 amide bonds. The molecule has 16 heavy (non-hydrogen) atoms. The molecule has 0 aliphatic heterocycles. The van der Waals surface area contributed by atoms with Crippen LogP contribution in [0.5, 0.6) is 0 Å². The van der Waals surface area contributed by atoms with E-state index in [0.717, 1.165) is 10.7 Å². The molecule has 5 nitrogen and oxygen atoms in total. The van der Waals surface area contributed by atoms with Gasteiger partial charge < -0.3 is 5.32 Å². The van der Waals surface area contributed by atoms with E-state index in [9.17, 15) is 4.79 Å². The SMILES string of the molecule is Cc1nnc(NC(=O)Cc2ccccn2)s1. The lowest BCUT2D eigenvalue weighted by atomic mass is 10.2. The van der Waals surface area contributed by atoms with Gasteiger partial charge in [0.05, 0.1) is 6.42 Å². The predicted molar refractivity (Wildman–Crippen MR) is 61.2 cm³/mol. The zero-order valence-electron chi connectivity index (χ0n) is 8.67. The summed E-state index contributed by atoms with van der Waals surface area (Å²) in [5, 5.41) is 11.7. The van der Waals surface area contributed by atoms with Gasteiger partial charge in [-0.05, 0) is 19.1 Å². The van der Waals surface area contributed by atoms with Crippen LogP contribution in [0.3, 0.4) is 0 Å². The van der Waals surface area contributed by atoms with E-state index in [1.54, 1.807) is 6.20 Å². The summed E-state index contributed by atoms with van der Waals surface area (Å²) in [6.07, 6.45) is 1.91. The van der Waals surface area contributed by atoms with Crippen molar-refractivity contribution < 1.29 is 4.79 Å². The first kappa shape index (κ1) is 10.7. The first-order valence-corrected chi connectivity index (χ1v) is 5.55. The summed E-state index contributed by atoms with van der Waals surface area (Å²) in [7, 11) is 0. The maximum Gasteiger partial charge on any atom is 0.232 e. The molecule has 0 atom stereocenters. The van der Waals surface area contributed by atoms with Gasteiger partial charge in [-0.2, -0.15) is 0 Å². The molecule has 2 heterocycles. The van der Waals surface area contributed by atoms with Crippen molar-refractivity contribution in [3.63, 3.8) is 0 Å². The van der Waals surface area contributed by atoms with Crippen molar-refractivity contribution in [3.05, 3.63) is 35.1 Å². The maximum absolute atomic E-state index is 11.6. The summed E-state index contributed by atoms with van der Waals surface area (Å²) in [5.74, 6) is -0.130.